The van der Waals surface area contributed by atoms with Crippen molar-refractivity contribution in [3.05, 3.63) is 0 Å². The van der Waals surface area contributed by atoms with Crippen LogP contribution in [0.1, 0.15) is 19.8 Å². The highest BCUT2D eigenvalue weighted by atomic mass is 16.7. The van der Waals surface area contributed by atoms with Crippen LogP contribution in [0.2, 0.25) is 0 Å². The molecule has 0 unspecified atom stereocenters. The summed E-state index contributed by atoms with van der Waals surface area (Å²) in [6.07, 6.45) is 1.63. The lowest BCUT2D eigenvalue weighted by Crippen LogP contribution is -2.29. The van der Waals surface area contributed by atoms with Crippen molar-refractivity contribution in [2.45, 2.75) is 19.8 Å². The lowest BCUT2D eigenvalue weighted by molar-refractivity contribution is 0.102. The maximum atomic E-state index is 10.5. The lowest BCUT2D eigenvalue weighted by atomic mass is 10.3. The zero-order valence-electron chi connectivity index (χ0n) is 6.44. The molecule has 0 aliphatic carbocycles. The molecule has 0 aliphatic rings. The Balaban J connectivity index is 3.05. The summed E-state index contributed by atoms with van der Waals surface area (Å²) >= 11 is 0. The molecule has 4 nitrogen and oxygen atoms in total. The van der Waals surface area contributed by atoms with Crippen LogP contribution in [0.4, 0.5) is 4.79 Å². The molecule has 60 valence electrons. The molecule has 0 aromatic heterocycles. The second-order valence-corrected chi connectivity index (χ2v) is 1.87. The zero-order valence-corrected chi connectivity index (χ0v) is 6.44. The van der Waals surface area contributed by atoms with Gasteiger partial charge in [-0.2, -0.15) is 5.48 Å². The molecule has 0 saturated heterocycles. The molecule has 0 saturated carbocycles. The average Bonchev–Trinajstić information content (AvgIpc) is 1.89. The molecule has 0 heterocycles. The van der Waals surface area contributed by atoms with Gasteiger partial charge < -0.3 is 10.2 Å². The fourth-order valence-corrected chi connectivity index (χ4v) is 0.496. The van der Waals surface area contributed by atoms with Crippen molar-refractivity contribution in [1.29, 1.82) is 0 Å². The van der Waals surface area contributed by atoms with E-state index in [1.54, 1.807) is 7.05 Å². The molecular weight excluding hydrogens is 132 g/mol. The van der Waals surface area contributed by atoms with E-state index in [1.807, 2.05) is 0 Å². The van der Waals surface area contributed by atoms with Gasteiger partial charge in [-0.1, -0.05) is 13.3 Å². The number of amides is 1. The minimum atomic E-state index is -0.420. The molecule has 0 atom stereocenters. The predicted octanol–water partition coefficient (Wildman–Crippen LogP) is 0.647. The van der Waals surface area contributed by atoms with E-state index in [-0.39, 0.29) is 0 Å². The number of hydrogen-bond acceptors (Lipinski definition) is 3. The number of unbranched alkanes of at least 4 members (excludes halogenated alkanes) is 1. The minimum Gasteiger partial charge on any atom is -0.354 e. The van der Waals surface area contributed by atoms with Gasteiger partial charge in [0.15, 0.2) is 0 Å². The molecule has 0 fully saturated rings. The number of nitrogens with one attached hydrogen (secondary N) is 2. The summed E-state index contributed by atoms with van der Waals surface area (Å²) in [4.78, 5) is 14.9. The number of hydrogen-bond donors (Lipinski definition) is 2. The first kappa shape index (κ1) is 9.23. The van der Waals surface area contributed by atoms with Gasteiger partial charge >= 0.3 is 6.09 Å². The van der Waals surface area contributed by atoms with E-state index in [0.29, 0.717) is 6.54 Å². The first-order valence-electron chi connectivity index (χ1n) is 3.42. The highest BCUT2D eigenvalue weighted by Crippen LogP contribution is 1.82. The van der Waals surface area contributed by atoms with Crippen molar-refractivity contribution in [3.8, 4) is 0 Å². The highest BCUT2D eigenvalue weighted by Gasteiger charge is 1.96. The number of hydroxylamine groups is 1. The molecule has 0 aromatic rings. The predicted molar refractivity (Wildman–Crippen MR) is 38.5 cm³/mol. The number of carbonyl (C=O) groups is 1. The maximum absolute atomic E-state index is 10.5. The monoisotopic (exact) mass is 146 g/mol. The van der Waals surface area contributed by atoms with Gasteiger partial charge in [-0.25, -0.2) is 4.79 Å². The van der Waals surface area contributed by atoms with Crippen molar-refractivity contribution in [2.75, 3.05) is 13.6 Å². The van der Waals surface area contributed by atoms with Crippen molar-refractivity contribution >= 4 is 6.09 Å². The molecular formula is C6H14N2O2. The number of carbonyl (C=O) groups excluding carboxylic acids is 1. The van der Waals surface area contributed by atoms with Gasteiger partial charge in [-0.15, -0.1) is 0 Å². The third kappa shape index (κ3) is 5.37. The second-order valence-electron chi connectivity index (χ2n) is 1.87. The van der Waals surface area contributed by atoms with Gasteiger partial charge in [0.05, 0.1) is 0 Å². The summed E-state index contributed by atoms with van der Waals surface area (Å²) in [5.41, 5.74) is 2.28. The summed E-state index contributed by atoms with van der Waals surface area (Å²) in [5, 5.41) is 2.56. The molecule has 0 spiro atoms. The van der Waals surface area contributed by atoms with Crippen molar-refractivity contribution in [1.82, 2.24) is 10.8 Å². The van der Waals surface area contributed by atoms with Gasteiger partial charge in [0.25, 0.3) is 0 Å². The van der Waals surface area contributed by atoms with Gasteiger partial charge in [-0.05, 0) is 6.42 Å². The maximum Gasteiger partial charge on any atom is 0.426 e. The molecule has 0 aliphatic heterocycles. The first-order chi connectivity index (χ1) is 4.81. The van der Waals surface area contributed by atoms with Crippen LogP contribution in [0.15, 0.2) is 0 Å². The van der Waals surface area contributed by atoms with Crippen LogP contribution in [0.5, 0.6) is 0 Å². The van der Waals surface area contributed by atoms with E-state index in [2.05, 4.69) is 22.6 Å². The summed E-state index contributed by atoms with van der Waals surface area (Å²) in [6.45, 7) is 2.74. The van der Waals surface area contributed by atoms with Crippen LogP contribution in [0.3, 0.4) is 0 Å². The topological polar surface area (TPSA) is 50.4 Å². The van der Waals surface area contributed by atoms with Gasteiger partial charge in [-0.3, -0.25) is 0 Å². The van der Waals surface area contributed by atoms with Gasteiger partial charge in [0, 0.05) is 13.6 Å². The van der Waals surface area contributed by atoms with E-state index in [0.717, 1.165) is 12.8 Å². The molecule has 0 aromatic carbocycles. The second kappa shape index (κ2) is 6.35. The lowest BCUT2D eigenvalue weighted by Gasteiger charge is -2.02. The van der Waals surface area contributed by atoms with Crippen LogP contribution < -0.4 is 10.8 Å². The zero-order chi connectivity index (χ0) is 7.82. The molecule has 10 heavy (non-hydrogen) atoms. The van der Waals surface area contributed by atoms with Crippen LogP contribution in [-0.2, 0) is 4.84 Å². The van der Waals surface area contributed by atoms with Crippen LogP contribution in [0.25, 0.3) is 0 Å². The van der Waals surface area contributed by atoms with Crippen LogP contribution in [-0.4, -0.2) is 19.7 Å². The Morgan fingerprint density at radius 3 is 2.80 bits per heavy atom. The quantitative estimate of drug-likeness (QED) is 0.452. The van der Waals surface area contributed by atoms with Crippen LogP contribution in [0, 0.1) is 0 Å². The van der Waals surface area contributed by atoms with E-state index in [1.165, 1.54) is 0 Å². The fraction of sp³-hybridized carbons (Fsp3) is 0.833. The Kier molecular flexibility index (Phi) is 5.86. The highest BCUT2D eigenvalue weighted by molar-refractivity contribution is 5.66. The van der Waals surface area contributed by atoms with Crippen molar-refractivity contribution in [2.24, 2.45) is 0 Å². The smallest absolute Gasteiger partial charge is 0.354 e. The third-order valence-corrected chi connectivity index (χ3v) is 0.994. The number of rotatable bonds is 4. The molecule has 4 heteroatoms. The minimum absolute atomic E-state index is 0.420. The Morgan fingerprint density at radius 2 is 2.30 bits per heavy atom. The molecule has 1 amide bonds. The van der Waals surface area contributed by atoms with Crippen molar-refractivity contribution in [3.63, 3.8) is 0 Å². The Labute approximate surface area is 60.9 Å². The largest absolute Gasteiger partial charge is 0.426 e. The molecule has 0 bridgehead atoms. The molecule has 0 radical (unpaired) electrons. The Bertz CT molecular complexity index is 95.7. The normalized spacial score (nSPS) is 9.00. The Hall–Kier alpha value is -0.770. The Morgan fingerprint density at radius 1 is 1.60 bits per heavy atom. The van der Waals surface area contributed by atoms with Gasteiger partial charge in [0.2, 0.25) is 0 Å². The fourth-order valence-electron chi connectivity index (χ4n) is 0.496. The first-order valence-corrected chi connectivity index (χ1v) is 3.42. The van der Waals surface area contributed by atoms with Crippen LogP contribution >= 0.6 is 0 Å². The van der Waals surface area contributed by atoms with E-state index < -0.39 is 6.09 Å². The average molecular weight is 146 g/mol. The summed E-state index contributed by atoms with van der Waals surface area (Å²) in [7, 11) is 1.54. The summed E-state index contributed by atoms with van der Waals surface area (Å²) in [6, 6.07) is 0. The van der Waals surface area contributed by atoms with E-state index >= 15 is 0 Å². The molecule has 0 rings (SSSR count). The van der Waals surface area contributed by atoms with Crippen molar-refractivity contribution < 1.29 is 9.63 Å². The standard InChI is InChI=1S/C6H14N2O2/c1-3-4-5-8-6(9)10-7-2/h7H,3-5H2,1-2H3,(H,8,9). The van der Waals surface area contributed by atoms with E-state index in [9.17, 15) is 4.79 Å². The van der Waals surface area contributed by atoms with E-state index in [4.69, 9.17) is 0 Å². The summed E-state index contributed by atoms with van der Waals surface area (Å²) < 4.78 is 0. The van der Waals surface area contributed by atoms with Gasteiger partial charge in [0.1, 0.15) is 0 Å². The summed E-state index contributed by atoms with van der Waals surface area (Å²) in [5.74, 6) is 0. The third-order valence-electron chi connectivity index (χ3n) is 0.994. The SMILES string of the molecule is CCCCNC(=O)ONC. The molecule has 2 N–H and O–H groups in total.